The number of carbonyl (C=O) groups is 1. The molecule has 5 rings (SSSR count). The summed E-state index contributed by atoms with van der Waals surface area (Å²) in [5.41, 5.74) is 4.18. The molecule has 1 saturated heterocycles. The van der Waals surface area contributed by atoms with Crippen LogP contribution in [0.3, 0.4) is 0 Å². The average molecular weight is 450 g/mol. The third kappa shape index (κ3) is 4.06. The summed E-state index contributed by atoms with van der Waals surface area (Å²) >= 11 is 12.3. The Morgan fingerprint density at radius 2 is 1.65 bits per heavy atom. The Morgan fingerprint density at radius 3 is 2.45 bits per heavy atom. The summed E-state index contributed by atoms with van der Waals surface area (Å²) in [5, 5.41) is 1.08. The second-order valence-electron chi connectivity index (χ2n) is 7.95. The third-order valence-electron chi connectivity index (χ3n) is 5.80. The Balaban J connectivity index is 1.47. The fourth-order valence-electron chi connectivity index (χ4n) is 4.29. The molecule has 1 fully saturated rings. The number of imidazole rings is 1. The molecule has 4 aromatic rings. The van der Waals surface area contributed by atoms with Crippen molar-refractivity contribution in [2.75, 3.05) is 6.54 Å². The highest BCUT2D eigenvalue weighted by molar-refractivity contribution is 6.42. The molecule has 4 nitrogen and oxygen atoms in total. The molecule has 0 spiro atoms. The van der Waals surface area contributed by atoms with Crippen LogP contribution in [0.15, 0.2) is 72.8 Å². The van der Waals surface area contributed by atoms with E-state index >= 15 is 0 Å². The molecular formula is C25H21Cl2N3O. The summed E-state index contributed by atoms with van der Waals surface area (Å²) in [6.07, 6.45) is 0.470. The fraction of sp³-hybridized carbons (Fsp3) is 0.200. The van der Waals surface area contributed by atoms with Gasteiger partial charge < -0.3 is 9.47 Å². The summed E-state index contributed by atoms with van der Waals surface area (Å²) in [6.45, 7) is 1.91. The molecule has 1 atom stereocenters. The SMILES string of the molecule is O=C1CC(c2nc3ccccc3n2Cc2ccc(Cl)c(Cl)c2)CN1Cc1ccccc1. The number of nitrogens with zero attached hydrogens (tertiary/aromatic N) is 3. The first-order valence-electron chi connectivity index (χ1n) is 10.3. The minimum atomic E-state index is 0.0476. The summed E-state index contributed by atoms with van der Waals surface area (Å²) < 4.78 is 2.21. The number of para-hydroxylation sites is 2. The molecule has 1 aliphatic heterocycles. The van der Waals surface area contributed by atoms with E-state index < -0.39 is 0 Å². The van der Waals surface area contributed by atoms with E-state index in [-0.39, 0.29) is 11.8 Å². The van der Waals surface area contributed by atoms with Crippen molar-refractivity contribution in [2.24, 2.45) is 0 Å². The number of likely N-dealkylation sites (tertiary alicyclic amines) is 1. The smallest absolute Gasteiger partial charge is 0.223 e. The zero-order chi connectivity index (χ0) is 21.4. The number of hydrogen-bond donors (Lipinski definition) is 0. The Labute approximate surface area is 191 Å². The van der Waals surface area contributed by atoms with E-state index in [2.05, 4.69) is 22.8 Å². The van der Waals surface area contributed by atoms with Crippen LogP contribution in [0.5, 0.6) is 0 Å². The predicted molar refractivity (Wildman–Crippen MR) is 125 cm³/mol. The van der Waals surface area contributed by atoms with Crippen molar-refractivity contribution in [2.45, 2.75) is 25.4 Å². The van der Waals surface area contributed by atoms with Crippen molar-refractivity contribution < 1.29 is 4.79 Å². The highest BCUT2D eigenvalue weighted by atomic mass is 35.5. The van der Waals surface area contributed by atoms with Crippen LogP contribution in [0.2, 0.25) is 10.0 Å². The van der Waals surface area contributed by atoms with Gasteiger partial charge in [-0.2, -0.15) is 0 Å². The first-order valence-corrected chi connectivity index (χ1v) is 11.0. The van der Waals surface area contributed by atoms with Gasteiger partial charge in [-0.3, -0.25) is 4.79 Å². The molecule has 0 radical (unpaired) electrons. The number of hydrogen-bond acceptors (Lipinski definition) is 2. The van der Waals surface area contributed by atoms with Crippen LogP contribution in [-0.2, 0) is 17.9 Å². The van der Waals surface area contributed by atoms with Crippen LogP contribution < -0.4 is 0 Å². The highest BCUT2D eigenvalue weighted by Crippen LogP contribution is 2.32. The van der Waals surface area contributed by atoms with Crippen LogP contribution in [0.1, 0.15) is 29.3 Å². The standard InChI is InChI=1S/C25H21Cl2N3O/c26-20-11-10-18(12-21(20)27)15-30-23-9-5-4-8-22(23)28-25(30)19-13-24(31)29(16-19)14-17-6-2-1-3-7-17/h1-12,19H,13-16H2. The molecule has 3 aromatic carbocycles. The van der Waals surface area contributed by atoms with Gasteiger partial charge in [0.15, 0.2) is 0 Å². The Bertz CT molecular complexity index is 1250. The van der Waals surface area contributed by atoms with Gasteiger partial charge in [0.1, 0.15) is 5.82 Å². The van der Waals surface area contributed by atoms with Gasteiger partial charge in [0.2, 0.25) is 5.91 Å². The number of fused-ring (bicyclic) bond motifs is 1. The topological polar surface area (TPSA) is 38.1 Å². The van der Waals surface area contributed by atoms with Gasteiger partial charge in [-0.25, -0.2) is 4.98 Å². The number of aromatic nitrogens is 2. The second-order valence-corrected chi connectivity index (χ2v) is 8.77. The molecule has 1 aromatic heterocycles. The second kappa shape index (κ2) is 8.37. The van der Waals surface area contributed by atoms with Crippen LogP contribution in [0.25, 0.3) is 11.0 Å². The highest BCUT2D eigenvalue weighted by Gasteiger charge is 2.34. The number of benzene rings is 3. The maximum atomic E-state index is 12.8. The van der Waals surface area contributed by atoms with Crippen molar-refractivity contribution in [3.8, 4) is 0 Å². The van der Waals surface area contributed by atoms with E-state index in [1.807, 2.05) is 59.5 Å². The lowest BCUT2D eigenvalue weighted by atomic mass is 10.1. The lowest BCUT2D eigenvalue weighted by Crippen LogP contribution is -2.24. The van der Waals surface area contributed by atoms with Crippen molar-refractivity contribution in [3.05, 3.63) is 99.8 Å². The van der Waals surface area contributed by atoms with Crippen molar-refractivity contribution in [1.29, 1.82) is 0 Å². The predicted octanol–water partition coefficient (Wildman–Crippen LogP) is 5.91. The molecule has 1 aliphatic rings. The van der Waals surface area contributed by atoms with Crippen molar-refractivity contribution >= 4 is 40.1 Å². The molecule has 0 N–H and O–H groups in total. The number of halogens is 2. The largest absolute Gasteiger partial charge is 0.338 e. The lowest BCUT2D eigenvalue weighted by molar-refractivity contribution is -0.128. The molecule has 1 unspecified atom stereocenters. The van der Waals surface area contributed by atoms with Gasteiger partial charge in [0.25, 0.3) is 0 Å². The molecule has 0 bridgehead atoms. The first-order chi connectivity index (χ1) is 15.1. The molecule has 2 heterocycles. The monoisotopic (exact) mass is 449 g/mol. The maximum Gasteiger partial charge on any atom is 0.223 e. The van der Waals surface area contributed by atoms with E-state index in [0.717, 1.165) is 28.0 Å². The van der Waals surface area contributed by atoms with E-state index in [4.69, 9.17) is 28.2 Å². The Kier molecular flexibility index (Phi) is 5.43. The van der Waals surface area contributed by atoms with Crippen molar-refractivity contribution in [3.63, 3.8) is 0 Å². The zero-order valence-corrected chi connectivity index (χ0v) is 18.4. The molecule has 0 aliphatic carbocycles. The van der Waals surface area contributed by atoms with E-state index in [1.54, 1.807) is 0 Å². The molecule has 1 amide bonds. The van der Waals surface area contributed by atoms with Gasteiger partial charge >= 0.3 is 0 Å². The van der Waals surface area contributed by atoms with E-state index in [9.17, 15) is 4.79 Å². The number of amides is 1. The van der Waals surface area contributed by atoms with E-state index in [0.29, 0.717) is 36.1 Å². The minimum absolute atomic E-state index is 0.0476. The van der Waals surface area contributed by atoms with E-state index in [1.165, 1.54) is 0 Å². The third-order valence-corrected chi connectivity index (χ3v) is 6.54. The quantitative estimate of drug-likeness (QED) is 0.379. The van der Waals surface area contributed by atoms with Gasteiger partial charge in [-0.05, 0) is 35.4 Å². The van der Waals surface area contributed by atoms with Gasteiger partial charge in [-0.1, -0.05) is 71.7 Å². The average Bonchev–Trinajstić information content (AvgIpc) is 3.32. The first kappa shape index (κ1) is 20.1. The van der Waals surface area contributed by atoms with Crippen LogP contribution in [0.4, 0.5) is 0 Å². The number of carbonyl (C=O) groups excluding carboxylic acids is 1. The van der Waals surface area contributed by atoms with Gasteiger partial charge in [0.05, 0.1) is 21.1 Å². The minimum Gasteiger partial charge on any atom is -0.338 e. The Hall–Kier alpha value is -2.82. The van der Waals surface area contributed by atoms with Crippen LogP contribution >= 0.6 is 23.2 Å². The molecule has 6 heteroatoms. The maximum absolute atomic E-state index is 12.8. The van der Waals surface area contributed by atoms with Gasteiger partial charge in [0, 0.05) is 32.0 Å². The normalized spacial score (nSPS) is 16.4. The summed E-state index contributed by atoms with van der Waals surface area (Å²) in [7, 11) is 0. The van der Waals surface area contributed by atoms with Crippen LogP contribution in [-0.4, -0.2) is 26.9 Å². The summed E-state index contributed by atoms with van der Waals surface area (Å²) in [5.74, 6) is 1.16. The number of rotatable bonds is 5. The van der Waals surface area contributed by atoms with Crippen molar-refractivity contribution in [1.82, 2.24) is 14.5 Å². The molecule has 156 valence electrons. The molecule has 0 saturated carbocycles. The van der Waals surface area contributed by atoms with Crippen LogP contribution in [0, 0.1) is 0 Å². The fourth-order valence-corrected chi connectivity index (χ4v) is 4.61. The molecule has 31 heavy (non-hydrogen) atoms. The summed E-state index contributed by atoms with van der Waals surface area (Å²) in [4.78, 5) is 19.7. The zero-order valence-electron chi connectivity index (χ0n) is 16.8. The lowest BCUT2D eigenvalue weighted by Gasteiger charge is -2.17. The van der Waals surface area contributed by atoms with Gasteiger partial charge in [-0.15, -0.1) is 0 Å². The molecular weight excluding hydrogens is 429 g/mol. The summed E-state index contributed by atoms with van der Waals surface area (Å²) in [6, 6.07) is 23.9. The Morgan fingerprint density at radius 1 is 0.871 bits per heavy atom.